The highest BCUT2D eigenvalue weighted by molar-refractivity contribution is 5.91. The van der Waals surface area contributed by atoms with Crippen molar-refractivity contribution < 1.29 is 13.6 Å². The summed E-state index contributed by atoms with van der Waals surface area (Å²) in [6.45, 7) is 0.560. The Morgan fingerprint density at radius 1 is 1.11 bits per heavy atom. The first kappa shape index (κ1) is 18.5. The molecule has 4 rings (SSSR count). The Bertz CT molecular complexity index is 851. The van der Waals surface area contributed by atoms with Gasteiger partial charge >= 0.3 is 0 Å². The van der Waals surface area contributed by atoms with Gasteiger partial charge in [0.1, 0.15) is 6.67 Å². The van der Waals surface area contributed by atoms with Crippen molar-refractivity contribution in [1.82, 2.24) is 15.0 Å². The van der Waals surface area contributed by atoms with Crippen molar-refractivity contribution in [1.29, 1.82) is 0 Å². The van der Waals surface area contributed by atoms with Crippen LogP contribution in [0.3, 0.4) is 0 Å². The third-order valence-corrected chi connectivity index (χ3v) is 5.27. The van der Waals surface area contributed by atoms with Gasteiger partial charge in [0.25, 0.3) is 0 Å². The van der Waals surface area contributed by atoms with Crippen LogP contribution in [0.4, 0.5) is 14.7 Å². The second kappa shape index (κ2) is 8.00. The zero-order valence-corrected chi connectivity index (χ0v) is 15.3. The number of piperidine rings is 1. The number of rotatable bonds is 4. The number of hydrazone groups is 1. The fraction of sp³-hybridized carbons (Fsp3) is 0.400. The maximum absolute atomic E-state index is 13.2. The lowest BCUT2D eigenvalue weighted by Crippen LogP contribution is -2.41. The van der Waals surface area contributed by atoms with Crippen molar-refractivity contribution in [2.75, 3.05) is 24.7 Å². The van der Waals surface area contributed by atoms with Crippen LogP contribution in [0.1, 0.15) is 30.9 Å². The van der Waals surface area contributed by atoms with Crippen LogP contribution in [0.15, 0.2) is 47.8 Å². The molecule has 1 aromatic carbocycles. The van der Waals surface area contributed by atoms with Crippen LogP contribution in [-0.4, -0.2) is 46.4 Å². The molecule has 1 aromatic heterocycles. The molecule has 6 nitrogen and oxygen atoms in total. The van der Waals surface area contributed by atoms with Crippen LogP contribution in [-0.2, 0) is 4.79 Å². The third-order valence-electron chi connectivity index (χ3n) is 5.27. The molecule has 1 fully saturated rings. The molecule has 1 saturated heterocycles. The Morgan fingerprint density at radius 2 is 1.79 bits per heavy atom. The number of anilines is 1. The van der Waals surface area contributed by atoms with E-state index in [-0.39, 0.29) is 17.9 Å². The van der Waals surface area contributed by atoms with E-state index in [0.29, 0.717) is 44.0 Å². The molecule has 1 amide bonds. The molecule has 0 radical (unpaired) electrons. The molecule has 1 atom stereocenters. The van der Waals surface area contributed by atoms with Crippen molar-refractivity contribution in [2.24, 2.45) is 11.0 Å². The number of aromatic nitrogens is 2. The molecule has 146 valence electrons. The SMILES string of the molecule is O=C(C1CCN(c2ncc(F)cn2)CC1)N1N=C(CF)CC1c1ccccc1. The number of halogens is 2. The van der Waals surface area contributed by atoms with E-state index >= 15 is 0 Å². The third kappa shape index (κ3) is 3.72. The fourth-order valence-corrected chi connectivity index (χ4v) is 3.77. The molecule has 0 saturated carbocycles. The van der Waals surface area contributed by atoms with E-state index in [9.17, 15) is 13.6 Å². The number of nitrogens with zero attached hydrogens (tertiary/aromatic N) is 5. The monoisotopic (exact) mass is 385 g/mol. The van der Waals surface area contributed by atoms with E-state index in [2.05, 4.69) is 15.1 Å². The van der Waals surface area contributed by atoms with Gasteiger partial charge in [-0.1, -0.05) is 30.3 Å². The van der Waals surface area contributed by atoms with E-state index in [1.807, 2.05) is 35.2 Å². The summed E-state index contributed by atoms with van der Waals surface area (Å²) in [6, 6.07) is 9.36. The van der Waals surface area contributed by atoms with Gasteiger partial charge in [-0.05, 0) is 18.4 Å². The average Bonchev–Trinajstić information content (AvgIpc) is 3.19. The summed E-state index contributed by atoms with van der Waals surface area (Å²) in [6.07, 6.45) is 3.95. The number of carbonyl (C=O) groups excluding carboxylic acids is 1. The smallest absolute Gasteiger partial charge is 0.246 e. The summed E-state index contributed by atoms with van der Waals surface area (Å²) in [7, 11) is 0. The van der Waals surface area contributed by atoms with Crippen LogP contribution in [0.2, 0.25) is 0 Å². The predicted octanol–water partition coefficient (Wildman–Crippen LogP) is 3.13. The molecule has 28 heavy (non-hydrogen) atoms. The maximum atomic E-state index is 13.2. The number of hydrogen-bond acceptors (Lipinski definition) is 5. The highest BCUT2D eigenvalue weighted by Crippen LogP contribution is 2.34. The lowest BCUT2D eigenvalue weighted by molar-refractivity contribution is -0.138. The standard InChI is InChI=1S/C20H21F2N5O/c21-11-17-10-18(14-4-2-1-3-5-14)27(25-17)19(28)15-6-8-26(9-7-15)20-23-12-16(22)13-24-20/h1-5,12-13,15,18H,6-11H2. The summed E-state index contributed by atoms with van der Waals surface area (Å²) < 4.78 is 26.2. The Balaban J connectivity index is 1.44. The first-order valence-electron chi connectivity index (χ1n) is 9.38. The molecule has 2 aliphatic rings. The molecule has 0 N–H and O–H groups in total. The van der Waals surface area contributed by atoms with E-state index in [4.69, 9.17) is 0 Å². The quantitative estimate of drug-likeness (QED) is 0.811. The second-order valence-electron chi connectivity index (χ2n) is 7.08. The summed E-state index contributed by atoms with van der Waals surface area (Å²) in [5, 5.41) is 5.74. The normalized spacial score (nSPS) is 20.4. The molecule has 2 aromatic rings. The predicted molar refractivity (Wildman–Crippen MR) is 101 cm³/mol. The van der Waals surface area contributed by atoms with E-state index in [0.717, 1.165) is 18.0 Å². The largest absolute Gasteiger partial charge is 0.341 e. The molecule has 0 aliphatic carbocycles. The number of alkyl halides is 1. The topological polar surface area (TPSA) is 61.7 Å². The van der Waals surface area contributed by atoms with Crippen LogP contribution in [0.25, 0.3) is 0 Å². The summed E-state index contributed by atoms with van der Waals surface area (Å²) >= 11 is 0. The number of carbonyl (C=O) groups is 1. The minimum absolute atomic E-state index is 0.0722. The van der Waals surface area contributed by atoms with Crippen LogP contribution in [0.5, 0.6) is 0 Å². The Morgan fingerprint density at radius 3 is 2.43 bits per heavy atom. The van der Waals surface area contributed by atoms with Gasteiger partial charge in [-0.25, -0.2) is 23.8 Å². The molecular weight excluding hydrogens is 364 g/mol. The Kier molecular flexibility index (Phi) is 5.27. The lowest BCUT2D eigenvalue weighted by Gasteiger charge is -2.33. The number of amides is 1. The van der Waals surface area contributed by atoms with E-state index in [1.54, 1.807) is 0 Å². The zero-order chi connectivity index (χ0) is 19.5. The van der Waals surface area contributed by atoms with Crippen LogP contribution >= 0.6 is 0 Å². The molecule has 0 bridgehead atoms. The fourth-order valence-electron chi connectivity index (χ4n) is 3.77. The Labute approximate surface area is 161 Å². The van der Waals surface area contributed by atoms with Gasteiger partial charge in [0.2, 0.25) is 11.9 Å². The number of hydrogen-bond donors (Lipinski definition) is 0. The molecule has 1 unspecified atom stereocenters. The zero-order valence-electron chi connectivity index (χ0n) is 15.3. The summed E-state index contributed by atoms with van der Waals surface area (Å²) in [5.41, 5.74) is 1.36. The minimum atomic E-state index is -0.645. The molecular formula is C20H21F2N5O. The first-order chi connectivity index (χ1) is 13.7. The van der Waals surface area contributed by atoms with Crippen molar-refractivity contribution in [3.63, 3.8) is 0 Å². The molecule has 8 heteroatoms. The van der Waals surface area contributed by atoms with Gasteiger partial charge in [-0.2, -0.15) is 5.10 Å². The van der Waals surface area contributed by atoms with Crippen molar-refractivity contribution in [3.8, 4) is 0 Å². The van der Waals surface area contributed by atoms with Crippen molar-refractivity contribution in [3.05, 3.63) is 54.1 Å². The van der Waals surface area contributed by atoms with Crippen LogP contribution < -0.4 is 4.90 Å². The summed E-state index contributed by atoms with van der Waals surface area (Å²) in [4.78, 5) is 23.1. The van der Waals surface area contributed by atoms with Gasteiger partial charge < -0.3 is 4.90 Å². The van der Waals surface area contributed by atoms with Gasteiger partial charge in [0, 0.05) is 25.4 Å². The summed E-state index contributed by atoms with van der Waals surface area (Å²) in [5.74, 6) is -0.271. The maximum Gasteiger partial charge on any atom is 0.246 e. The van der Waals surface area contributed by atoms with Crippen molar-refractivity contribution in [2.45, 2.75) is 25.3 Å². The van der Waals surface area contributed by atoms with Gasteiger partial charge in [0.15, 0.2) is 5.82 Å². The van der Waals surface area contributed by atoms with Crippen molar-refractivity contribution >= 4 is 17.6 Å². The van der Waals surface area contributed by atoms with E-state index in [1.165, 1.54) is 5.01 Å². The Hall–Kier alpha value is -2.90. The molecule has 3 heterocycles. The average molecular weight is 385 g/mol. The second-order valence-corrected chi connectivity index (χ2v) is 7.08. The molecule has 2 aliphatic heterocycles. The highest BCUT2D eigenvalue weighted by Gasteiger charge is 2.37. The lowest BCUT2D eigenvalue weighted by atomic mass is 9.94. The minimum Gasteiger partial charge on any atom is -0.341 e. The highest BCUT2D eigenvalue weighted by atomic mass is 19.1. The van der Waals surface area contributed by atoms with Crippen LogP contribution in [0, 0.1) is 11.7 Å². The molecule has 0 spiro atoms. The van der Waals surface area contributed by atoms with E-state index < -0.39 is 12.5 Å². The van der Waals surface area contributed by atoms with Gasteiger partial charge in [-0.3, -0.25) is 4.79 Å². The number of benzene rings is 1. The first-order valence-corrected chi connectivity index (χ1v) is 9.38. The van der Waals surface area contributed by atoms with Gasteiger partial charge in [0.05, 0.1) is 24.1 Å². The van der Waals surface area contributed by atoms with Gasteiger partial charge in [-0.15, -0.1) is 0 Å².